The Kier molecular flexibility index (Phi) is 9.47. The second-order valence-electron chi connectivity index (χ2n) is 6.84. The number of ether oxygens (including phenoxy) is 2. The highest BCUT2D eigenvalue weighted by molar-refractivity contribution is 5.87. The van der Waals surface area contributed by atoms with E-state index < -0.39 is 29.9 Å². The SMILES string of the molecule is C[C@@H](OCNC(=O)CNC(=O)[C@@H](N)Cc1ccc(O)cc1)C(=O)OCc1ccccc1. The summed E-state index contributed by atoms with van der Waals surface area (Å²) in [6, 6.07) is 14.7. The van der Waals surface area contributed by atoms with Crippen LogP contribution in [0.4, 0.5) is 0 Å². The van der Waals surface area contributed by atoms with Gasteiger partial charge in [-0.3, -0.25) is 9.59 Å². The number of aromatic hydroxyl groups is 1. The molecule has 0 unspecified atom stereocenters. The first-order valence-corrected chi connectivity index (χ1v) is 9.75. The summed E-state index contributed by atoms with van der Waals surface area (Å²) in [6.45, 7) is 1.16. The highest BCUT2D eigenvalue weighted by Crippen LogP contribution is 2.10. The lowest BCUT2D eigenvalue weighted by Gasteiger charge is -2.14. The zero-order valence-electron chi connectivity index (χ0n) is 17.2. The van der Waals surface area contributed by atoms with Crippen LogP contribution in [-0.4, -0.2) is 48.3 Å². The predicted octanol–water partition coefficient (Wildman–Crippen LogP) is 0.600. The number of carbonyl (C=O) groups excluding carboxylic acids is 3. The number of rotatable bonds is 11. The molecule has 2 aromatic carbocycles. The first kappa shape index (κ1) is 23.8. The Bertz CT molecular complexity index is 857. The Morgan fingerprint density at radius 2 is 1.68 bits per heavy atom. The fourth-order valence-electron chi connectivity index (χ4n) is 2.50. The standard InChI is InChI=1S/C22H27N3O6/c1-15(22(29)30-13-17-5-3-2-4-6-17)31-14-25-20(27)12-24-21(28)19(23)11-16-7-9-18(26)10-8-16/h2-10,15,19,26H,11-14,23H2,1H3,(H,24,28)(H,25,27)/t15-,19+/m1/s1. The van der Waals surface area contributed by atoms with Crippen LogP contribution in [0.2, 0.25) is 0 Å². The number of amides is 2. The van der Waals surface area contributed by atoms with Crippen molar-refractivity contribution in [3.8, 4) is 5.75 Å². The van der Waals surface area contributed by atoms with Gasteiger partial charge in [0, 0.05) is 0 Å². The third-order valence-corrected chi connectivity index (χ3v) is 4.31. The molecule has 0 heterocycles. The molecule has 0 aliphatic rings. The number of esters is 1. The van der Waals surface area contributed by atoms with Crippen molar-refractivity contribution in [3.63, 3.8) is 0 Å². The van der Waals surface area contributed by atoms with Crippen molar-refractivity contribution in [2.24, 2.45) is 5.73 Å². The average Bonchev–Trinajstić information content (AvgIpc) is 2.77. The largest absolute Gasteiger partial charge is 0.508 e. The van der Waals surface area contributed by atoms with Gasteiger partial charge in [-0.25, -0.2) is 4.79 Å². The van der Waals surface area contributed by atoms with E-state index in [1.165, 1.54) is 19.1 Å². The predicted molar refractivity (Wildman–Crippen MR) is 113 cm³/mol. The van der Waals surface area contributed by atoms with E-state index in [0.29, 0.717) is 0 Å². The van der Waals surface area contributed by atoms with Crippen LogP contribution in [0, 0.1) is 0 Å². The molecule has 2 amide bonds. The second-order valence-corrected chi connectivity index (χ2v) is 6.84. The van der Waals surface area contributed by atoms with Gasteiger partial charge in [0.25, 0.3) is 0 Å². The molecule has 5 N–H and O–H groups in total. The molecule has 2 aromatic rings. The second kappa shape index (κ2) is 12.3. The minimum atomic E-state index is -0.864. The van der Waals surface area contributed by atoms with E-state index in [4.69, 9.17) is 15.2 Å². The highest BCUT2D eigenvalue weighted by Gasteiger charge is 2.17. The number of carbonyl (C=O) groups is 3. The summed E-state index contributed by atoms with van der Waals surface area (Å²) < 4.78 is 10.4. The van der Waals surface area contributed by atoms with Gasteiger partial charge < -0.3 is 30.9 Å². The third-order valence-electron chi connectivity index (χ3n) is 4.31. The van der Waals surface area contributed by atoms with E-state index in [2.05, 4.69) is 10.6 Å². The van der Waals surface area contributed by atoms with Crippen molar-refractivity contribution in [2.75, 3.05) is 13.3 Å². The maximum absolute atomic E-state index is 12.0. The van der Waals surface area contributed by atoms with Crippen molar-refractivity contribution in [2.45, 2.75) is 32.1 Å². The van der Waals surface area contributed by atoms with Crippen molar-refractivity contribution in [1.29, 1.82) is 0 Å². The quantitative estimate of drug-likeness (QED) is 0.303. The van der Waals surface area contributed by atoms with E-state index in [0.717, 1.165) is 11.1 Å². The maximum atomic E-state index is 12.0. The summed E-state index contributed by atoms with van der Waals surface area (Å²) in [5.41, 5.74) is 7.48. The molecule has 0 aliphatic carbocycles. The van der Waals surface area contributed by atoms with Crippen LogP contribution in [0.15, 0.2) is 54.6 Å². The average molecular weight is 429 g/mol. The van der Waals surface area contributed by atoms with Crippen molar-refractivity contribution < 1.29 is 29.0 Å². The van der Waals surface area contributed by atoms with E-state index in [1.807, 2.05) is 30.3 Å². The van der Waals surface area contributed by atoms with E-state index in [1.54, 1.807) is 12.1 Å². The van der Waals surface area contributed by atoms with E-state index >= 15 is 0 Å². The summed E-state index contributed by atoms with van der Waals surface area (Å²) in [4.78, 5) is 35.8. The molecule has 0 aromatic heterocycles. The van der Waals surface area contributed by atoms with Crippen molar-refractivity contribution in [3.05, 3.63) is 65.7 Å². The van der Waals surface area contributed by atoms with E-state index in [-0.39, 0.29) is 32.1 Å². The molecule has 0 aliphatic heterocycles. The van der Waals surface area contributed by atoms with Gasteiger partial charge >= 0.3 is 5.97 Å². The molecule has 9 nitrogen and oxygen atoms in total. The number of phenols is 1. The van der Waals surface area contributed by atoms with Gasteiger partial charge in [-0.2, -0.15) is 0 Å². The summed E-state index contributed by atoms with van der Waals surface area (Å²) in [5, 5.41) is 14.1. The van der Waals surface area contributed by atoms with Crippen LogP contribution in [0.3, 0.4) is 0 Å². The fourth-order valence-corrected chi connectivity index (χ4v) is 2.50. The summed E-state index contributed by atoms with van der Waals surface area (Å²) in [7, 11) is 0. The molecule has 2 atom stereocenters. The Balaban J connectivity index is 1.60. The van der Waals surface area contributed by atoms with Crippen LogP contribution >= 0.6 is 0 Å². The molecule has 31 heavy (non-hydrogen) atoms. The van der Waals surface area contributed by atoms with Crippen LogP contribution in [0.25, 0.3) is 0 Å². The van der Waals surface area contributed by atoms with Gasteiger partial charge in [0.2, 0.25) is 11.8 Å². The van der Waals surface area contributed by atoms with Gasteiger partial charge in [-0.15, -0.1) is 0 Å². The molecule has 9 heteroatoms. The van der Waals surface area contributed by atoms with Gasteiger partial charge in [0.05, 0.1) is 12.6 Å². The molecule has 166 valence electrons. The monoisotopic (exact) mass is 429 g/mol. The number of phenolic OH excluding ortho intramolecular Hbond substituents is 1. The number of nitrogens with one attached hydrogen (secondary N) is 2. The molecule has 0 spiro atoms. The lowest BCUT2D eigenvalue weighted by molar-refractivity contribution is -0.158. The minimum absolute atomic E-state index is 0.124. The number of benzene rings is 2. The number of hydrogen-bond donors (Lipinski definition) is 4. The zero-order valence-corrected chi connectivity index (χ0v) is 17.2. The normalized spacial score (nSPS) is 12.5. The van der Waals surface area contributed by atoms with Crippen LogP contribution in [-0.2, 0) is 36.9 Å². The fraction of sp³-hybridized carbons (Fsp3) is 0.318. The zero-order chi connectivity index (χ0) is 22.6. The van der Waals surface area contributed by atoms with E-state index in [9.17, 15) is 19.5 Å². The van der Waals surface area contributed by atoms with Gasteiger partial charge in [0.15, 0.2) is 6.10 Å². The molecule has 0 bridgehead atoms. The van der Waals surface area contributed by atoms with Gasteiger partial charge in [-0.05, 0) is 36.6 Å². The van der Waals surface area contributed by atoms with Crippen molar-refractivity contribution >= 4 is 17.8 Å². The Labute approximate surface area is 180 Å². The van der Waals surface area contributed by atoms with Crippen molar-refractivity contribution in [1.82, 2.24) is 10.6 Å². The highest BCUT2D eigenvalue weighted by atomic mass is 16.6. The molecular formula is C22H27N3O6. The summed E-state index contributed by atoms with van der Waals surface area (Å²) in [5.74, 6) is -1.40. The van der Waals surface area contributed by atoms with Crippen LogP contribution in [0.5, 0.6) is 5.75 Å². The third kappa shape index (κ3) is 8.85. The lowest BCUT2D eigenvalue weighted by atomic mass is 10.1. The molecule has 0 radical (unpaired) electrons. The number of nitrogens with two attached hydrogens (primary N) is 1. The Hall–Kier alpha value is -3.43. The van der Waals surface area contributed by atoms with Gasteiger partial charge in [0.1, 0.15) is 19.1 Å². The van der Waals surface area contributed by atoms with Crippen LogP contribution in [0.1, 0.15) is 18.1 Å². The molecule has 0 saturated carbocycles. The molecular weight excluding hydrogens is 402 g/mol. The topological polar surface area (TPSA) is 140 Å². The lowest BCUT2D eigenvalue weighted by Crippen LogP contribution is -2.46. The molecule has 0 fully saturated rings. The number of hydrogen-bond acceptors (Lipinski definition) is 7. The smallest absolute Gasteiger partial charge is 0.335 e. The summed E-state index contributed by atoms with van der Waals surface area (Å²) >= 11 is 0. The van der Waals surface area contributed by atoms with Gasteiger partial charge in [-0.1, -0.05) is 42.5 Å². The van der Waals surface area contributed by atoms with Crippen LogP contribution < -0.4 is 16.4 Å². The summed E-state index contributed by atoms with van der Waals surface area (Å²) in [6.07, 6.45) is -0.600. The molecule has 2 rings (SSSR count). The Morgan fingerprint density at radius 1 is 1.00 bits per heavy atom. The minimum Gasteiger partial charge on any atom is -0.508 e. The first-order valence-electron chi connectivity index (χ1n) is 9.75. The Morgan fingerprint density at radius 3 is 2.35 bits per heavy atom. The first-order chi connectivity index (χ1) is 14.8. The maximum Gasteiger partial charge on any atom is 0.335 e. The molecule has 0 saturated heterocycles.